The lowest BCUT2D eigenvalue weighted by molar-refractivity contribution is -0.910. The molecule has 0 aliphatic rings. The number of quaternary nitrogens is 1. The molecule has 0 rings (SSSR count). The summed E-state index contributed by atoms with van der Waals surface area (Å²) in [5.41, 5.74) is 0. The van der Waals surface area contributed by atoms with Gasteiger partial charge in [-0.25, -0.2) is 0 Å². The van der Waals surface area contributed by atoms with Gasteiger partial charge in [-0.1, -0.05) is 40.0 Å². The van der Waals surface area contributed by atoms with Crippen molar-refractivity contribution in [1.29, 1.82) is 0 Å². The molecule has 0 heterocycles. The number of unbranched alkanes of at least 4 members (excludes halogenated alkanes) is 3. The largest absolute Gasteiger partial charge is 0.724 e. The molecule has 0 aromatic heterocycles. The summed E-state index contributed by atoms with van der Waals surface area (Å²) >= 11 is 0. The van der Waals surface area contributed by atoms with Crippen LogP contribution in [0.15, 0.2) is 0 Å². The summed E-state index contributed by atoms with van der Waals surface area (Å²) in [4.78, 5) is 8.24. The molecule has 0 amide bonds. The molecular weight excluding hydrogens is 212 g/mol. The number of isocyanates is 1. The second-order valence-corrected chi connectivity index (χ2v) is 4.94. The predicted octanol–water partition coefficient (Wildman–Crippen LogP) is 3.72. The van der Waals surface area contributed by atoms with Crippen LogP contribution in [-0.2, 0) is 4.79 Å². The summed E-state index contributed by atoms with van der Waals surface area (Å²) in [5.74, 6) is 0. The average Bonchev–Trinajstić information content (AvgIpc) is 2.33. The van der Waals surface area contributed by atoms with Crippen LogP contribution < -0.4 is 0 Å². The molecule has 0 aliphatic heterocycles. The van der Waals surface area contributed by atoms with Gasteiger partial charge in [-0.15, -0.1) is 0 Å². The fourth-order valence-electron chi connectivity index (χ4n) is 1.95. The molecule has 0 bridgehead atoms. The van der Waals surface area contributed by atoms with Crippen LogP contribution in [0.4, 0.5) is 0 Å². The Morgan fingerprint density at radius 1 is 0.882 bits per heavy atom. The third-order valence-corrected chi connectivity index (χ3v) is 3.15. The molecule has 0 aliphatic carbocycles. The van der Waals surface area contributed by atoms with Gasteiger partial charge in [0.15, 0.2) is 0 Å². The highest BCUT2D eigenvalue weighted by molar-refractivity contribution is 5.36. The van der Waals surface area contributed by atoms with E-state index in [1.165, 1.54) is 62.6 Å². The molecule has 0 saturated carbocycles. The van der Waals surface area contributed by atoms with Gasteiger partial charge in [0.2, 0.25) is 0 Å². The molecule has 0 aromatic carbocycles. The number of hydrogen-bond donors (Lipinski definition) is 0. The van der Waals surface area contributed by atoms with E-state index >= 15 is 0 Å². The van der Waals surface area contributed by atoms with Crippen molar-refractivity contribution in [3.05, 3.63) is 5.41 Å². The van der Waals surface area contributed by atoms with Crippen LogP contribution in [0.5, 0.6) is 0 Å². The van der Waals surface area contributed by atoms with E-state index in [9.17, 15) is 0 Å². The van der Waals surface area contributed by atoms with Crippen LogP contribution in [0.1, 0.15) is 59.3 Å². The Labute approximate surface area is 107 Å². The lowest BCUT2D eigenvalue weighted by atomic mass is 10.2. The maximum atomic E-state index is 8.24. The van der Waals surface area contributed by atoms with Crippen molar-refractivity contribution < 1.29 is 9.28 Å². The first-order valence-corrected chi connectivity index (χ1v) is 6.94. The minimum absolute atomic E-state index is 0.500. The van der Waals surface area contributed by atoms with Crippen LogP contribution in [0.25, 0.3) is 5.41 Å². The van der Waals surface area contributed by atoms with Gasteiger partial charge in [-0.05, 0) is 25.3 Å². The van der Waals surface area contributed by atoms with Crippen molar-refractivity contribution in [2.24, 2.45) is 0 Å². The van der Waals surface area contributed by atoms with Crippen LogP contribution >= 0.6 is 0 Å². The van der Waals surface area contributed by atoms with Crippen molar-refractivity contribution in [2.45, 2.75) is 59.3 Å². The summed E-state index contributed by atoms with van der Waals surface area (Å²) in [6.07, 6.45) is 8.70. The van der Waals surface area contributed by atoms with Gasteiger partial charge in [-0.2, -0.15) is 0 Å². The summed E-state index contributed by atoms with van der Waals surface area (Å²) in [5, 5.41) is 6.76. The van der Waals surface area contributed by atoms with E-state index in [-0.39, 0.29) is 0 Å². The van der Waals surface area contributed by atoms with E-state index in [4.69, 9.17) is 10.2 Å². The summed E-state index contributed by atoms with van der Waals surface area (Å²) < 4.78 is 1.32. The zero-order valence-electron chi connectivity index (χ0n) is 12.2. The number of hydrogen-bond acceptors (Lipinski definition) is 1. The van der Waals surface area contributed by atoms with E-state index in [0.29, 0.717) is 6.08 Å². The molecular formula is C14H30N2O. The Bertz CT molecular complexity index is 165. The van der Waals surface area contributed by atoms with E-state index in [1.807, 2.05) is 0 Å². The molecule has 0 N–H and O–H groups in total. The molecule has 0 spiro atoms. The molecule has 0 radical (unpaired) electrons. The SMILES string of the molecule is CCCC[N+](C)(CCCC)CCCC.[N-]=C=O. The molecule has 3 nitrogen and oxygen atoms in total. The highest BCUT2D eigenvalue weighted by Gasteiger charge is 2.18. The first-order valence-electron chi connectivity index (χ1n) is 6.94. The van der Waals surface area contributed by atoms with Crippen LogP contribution in [-0.4, -0.2) is 37.2 Å². The van der Waals surface area contributed by atoms with Gasteiger partial charge in [0.25, 0.3) is 0 Å². The topological polar surface area (TPSA) is 39.4 Å². The summed E-state index contributed by atoms with van der Waals surface area (Å²) in [6.45, 7) is 11.0. The lowest BCUT2D eigenvalue weighted by Gasteiger charge is -2.34. The van der Waals surface area contributed by atoms with Crippen LogP contribution in [0.3, 0.4) is 0 Å². The molecule has 0 aromatic rings. The number of carbonyl (C=O) groups excluding carboxylic acids is 1. The van der Waals surface area contributed by atoms with E-state index < -0.39 is 0 Å². The lowest BCUT2D eigenvalue weighted by Crippen LogP contribution is -2.46. The van der Waals surface area contributed by atoms with Crippen molar-refractivity contribution >= 4 is 6.08 Å². The fourth-order valence-corrected chi connectivity index (χ4v) is 1.95. The minimum Gasteiger partial charge on any atom is -0.724 e. The monoisotopic (exact) mass is 242 g/mol. The quantitative estimate of drug-likeness (QED) is 0.345. The Balaban J connectivity index is 0. The number of rotatable bonds is 9. The van der Waals surface area contributed by atoms with Gasteiger partial charge in [0.05, 0.1) is 26.7 Å². The van der Waals surface area contributed by atoms with Crippen molar-refractivity contribution in [2.75, 3.05) is 26.7 Å². The standard InChI is InChI=1S/C13H30N.CNO/c1-5-8-11-14(4,12-9-6-2)13-10-7-3;2-1-3/h5-13H2,1-4H3;/q+1;-1. The van der Waals surface area contributed by atoms with Gasteiger partial charge in [-0.3, -0.25) is 4.79 Å². The van der Waals surface area contributed by atoms with E-state index in [0.717, 1.165) is 0 Å². The highest BCUT2D eigenvalue weighted by Crippen LogP contribution is 2.10. The third-order valence-electron chi connectivity index (χ3n) is 3.15. The molecule has 0 fully saturated rings. The van der Waals surface area contributed by atoms with Crippen molar-refractivity contribution in [3.8, 4) is 0 Å². The summed E-state index contributed by atoms with van der Waals surface area (Å²) in [7, 11) is 2.45. The second kappa shape index (κ2) is 13.4. The maximum absolute atomic E-state index is 8.24. The Hall–Kier alpha value is -0.660. The molecule has 102 valence electrons. The first-order chi connectivity index (χ1) is 8.10. The smallest absolute Gasteiger partial charge is 0.0784 e. The zero-order chi connectivity index (χ0) is 13.6. The molecule has 0 saturated heterocycles. The average molecular weight is 242 g/mol. The van der Waals surface area contributed by atoms with Crippen molar-refractivity contribution in [3.63, 3.8) is 0 Å². The maximum Gasteiger partial charge on any atom is 0.0784 e. The Kier molecular flexibility index (Phi) is 14.7. The number of nitrogens with zero attached hydrogens (tertiary/aromatic N) is 2. The Morgan fingerprint density at radius 2 is 1.12 bits per heavy atom. The van der Waals surface area contributed by atoms with Gasteiger partial charge < -0.3 is 9.89 Å². The van der Waals surface area contributed by atoms with Crippen LogP contribution in [0.2, 0.25) is 0 Å². The summed E-state index contributed by atoms with van der Waals surface area (Å²) in [6, 6.07) is 0. The molecule has 0 atom stereocenters. The van der Waals surface area contributed by atoms with Gasteiger partial charge >= 0.3 is 0 Å². The third kappa shape index (κ3) is 13.3. The van der Waals surface area contributed by atoms with E-state index in [2.05, 4.69) is 27.8 Å². The van der Waals surface area contributed by atoms with Gasteiger partial charge in [0.1, 0.15) is 0 Å². The highest BCUT2D eigenvalue weighted by atomic mass is 16.1. The van der Waals surface area contributed by atoms with Crippen molar-refractivity contribution in [1.82, 2.24) is 0 Å². The van der Waals surface area contributed by atoms with Crippen LogP contribution in [0, 0.1) is 0 Å². The van der Waals surface area contributed by atoms with Gasteiger partial charge in [0, 0.05) is 0 Å². The Morgan fingerprint density at radius 3 is 1.29 bits per heavy atom. The zero-order valence-corrected chi connectivity index (χ0v) is 12.2. The normalized spacial score (nSPS) is 10.4. The predicted molar refractivity (Wildman–Crippen MR) is 74.6 cm³/mol. The molecule has 17 heavy (non-hydrogen) atoms. The minimum atomic E-state index is 0.500. The fraction of sp³-hybridized carbons (Fsp3) is 0.929. The first kappa shape index (κ1) is 18.7. The van der Waals surface area contributed by atoms with E-state index in [1.54, 1.807) is 0 Å². The molecule has 3 heteroatoms. The second-order valence-electron chi connectivity index (χ2n) is 4.94. The molecule has 0 unspecified atom stereocenters.